The van der Waals surface area contributed by atoms with Gasteiger partial charge in [-0.3, -0.25) is 4.79 Å². The summed E-state index contributed by atoms with van der Waals surface area (Å²) < 4.78 is 7.19. The molecule has 4 nitrogen and oxygen atoms in total. The average Bonchev–Trinajstić information content (AvgIpc) is 3.00. The van der Waals surface area contributed by atoms with Gasteiger partial charge in [-0.15, -0.1) is 0 Å². The second kappa shape index (κ2) is 5.90. The third kappa shape index (κ3) is 2.95. The molecule has 1 saturated heterocycles. The highest BCUT2D eigenvalue weighted by Crippen LogP contribution is 2.24. The molecule has 1 aromatic carbocycles. The Morgan fingerprint density at radius 1 is 1.33 bits per heavy atom. The highest BCUT2D eigenvalue weighted by molar-refractivity contribution is 5.81. The molecule has 0 aliphatic carbocycles. The normalized spacial score (nSPS) is 18.9. The molecule has 1 aliphatic rings. The molecule has 0 bridgehead atoms. The first-order chi connectivity index (χ1) is 10.2. The number of ether oxygens (including phenoxy) is 1. The number of amides is 1. The van der Waals surface area contributed by atoms with E-state index in [0.29, 0.717) is 25.5 Å². The maximum atomic E-state index is 12.0. The minimum absolute atomic E-state index is 0.262. The molecule has 1 fully saturated rings. The predicted molar refractivity (Wildman–Crippen MR) is 83.2 cm³/mol. The van der Waals surface area contributed by atoms with Crippen molar-refractivity contribution in [1.82, 2.24) is 9.47 Å². The number of hydrogen-bond acceptors (Lipinski definition) is 2. The molecule has 0 N–H and O–H groups in total. The molecular formula is C17H22N2O2. The summed E-state index contributed by atoms with van der Waals surface area (Å²) in [7, 11) is 3.73. The number of carbonyl (C=O) groups is 1. The van der Waals surface area contributed by atoms with E-state index in [-0.39, 0.29) is 5.91 Å². The number of aromatic nitrogens is 1. The topological polar surface area (TPSA) is 34.5 Å². The van der Waals surface area contributed by atoms with Crippen LogP contribution in [0, 0.1) is 5.92 Å². The summed E-state index contributed by atoms with van der Waals surface area (Å²) in [5.41, 5.74) is 2.57. The predicted octanol–water partition coefficient (Wildman–Crippen LogP) is 2.22. The van der Waals surface area contributed by atoms with Gasteiger partial charge in [-0.1, -0.05) is 6.07 Å². The van der Waals surface area contributed by atoms with Crippen molar-refractivity contribution >= 4 is 16.8 Å². The van der Waals surface area contributed by atoms with Crippen molar-refractivity contribution in [2.75, 3.05) is 26.8 Å². The summed E-state index contributed by atoms with van der Waals surface area (Å²) in [6, 6.07) is 8.75. The van der Waals surface area contributed by atoms with Crippen LogP contribution in [-0.4, -0.2) is 42.2 Å². The van der Waals surface area contributed by atoms with Gasteiger partial charge in [0.2, 0.25) is 5.91 Å². The first-order valence-electron chi connectivity index (χ1n) is 7.48. The molecule has 0 saturated carbocycles. The van der Waals surface area contributed by atoms with E-state index >= 15 is 0 Å². The number of fused-ring (bicyclic) bond motifs is 1. The number of methoxy groups -OCH3 is 1. The van der Waals surface area contributed by atoms with Gasteiger partial charge in [-0.25, -0.2) is 0 Å². The molecule has 1 aromatic heterocycles. The molecule has 1 atom stereocenters. The minimum atomic E-state index is 0.262. The zero-order chi connectivity index (χ0) is 14.8. The van der Waals surface area contributed by atoms with Crippen molar-refractivity contribution < 1.29 is 9.53 Å². The third-order valence-electron chi connectivity index (χ3n) is 4.33. The van der Waals surface area contributed by atoms with Gasteiger partial charge in [0.1, 0.15) is 0 Å². The highest BCUT2D eigenvalue weighted by atomic mass is 16.5. The Bertz CT molecular complexity index is 647. The Hall–Kier alpha value is -1.81. The van der Waals surface area contributed by atoms with Crippen molar-refractivity contribution in [2.45, 2.75) is 12.8 Å². The second-order valence-electron chi connectivity index (χ2n) is 5.93. The maximum Gasteiger partial charge on any atom is 0.223 e. The van der Waals surface area contributed by atoms with E-state index in [1.807, 2.05) is 4.90 Å². The molecule has 3 rings (SSSR count). The summed E-state index contributed by atoms with van der Waals surface area (Å²) in [5, 5.41) is 1.27. The van der Waals surface area contributed by atoms with Crippen LogP contribution in [0.3, 0.4) is 0 Å². The van der Waals surface area contributed by atoms with E-state index in [1.165, 1.54) is 16.5 Å². The SMILES string of the molecule is COCCN1CC(Cc2ccc3c(ccn3C)c2)CC1=O. The zero-order valence-electron chi connectivity index (χ0n) is 12.7. The van der Waals surface area contributed by atoms with E-state index in [4.69, 9.17) is 4.74 Å². The Morgan fingerprint density at radius 2 is 2.19 bits per heavy atom. The van der Waals surface area contributed by atoms with E-state index in [0.717, 1.165) is 13.0 Å². The van der Waals surface area contributed by atoms with E-state index < -0.39 is 0 Å². The van der Waals surface area contributed by atoms with Crippen molar-refractivity contribution in [3.63, 3.8) is 0 Å². The Labute approximate surface area is 125 Å². The first kappa shape index (κ1) is 14.1. The monoisotopic (exact) mass is 286 g/mol. The number of rotatable bonds is 5. The maximum absolute atomic E-state index is 12.0. The van der Waals surface area contributed by atoms with Gasteiger partial charge >= 0.3 is 0 Å². The number of benzene rings is 1. The van der Waals surface area contributed by atoms with Crippen LogP contribution >= 0.6 is 0 Å². The van der Waals surface area contributed by atoms with Crippen molar-refractivity contribution in [2.24, 2.45) is 13.0 Å². The van der Waals surface area contributed by atoms with E-state index in [9.17, 15) is 4.79 Å². The van der Waals surface area contributed by atoms with Crippen LogP contribution in [0.4, 0.5) is 0 Å². The molecule has 0 spiro atoms. The molecule has 2 heterocycles. The van der Waals surface area contributed by atoms with Gasteiger partial charge in [-0.05, 0) is 41.5 Å². The van der Waals surface area contributed by atoms with Gasteiger partial charge in [0.15, 0.2) is 0 Å². The van der Waals surface area contributed by atoms with E-state index in [1.54, 1.807) is 7.11 Å². The molecule has 1 unspecified atom stereocenters. The fourth-order valence-corrected chi connectivity index (χ4v) is 3.20. The van der Waals surface area contributed by atoms with Crippen LogP contribution < -0.4 is 0 Å². The summed E-state index contributed by atoms with van der Waals surface area (Å²) in [4.78, 5) is 13.9. The highest BCUT2D eigenvalue weighted by Gasteiger charge is 2.29. The number of aryl methyl sites for hydroxylation is 1. The van der Waals surface area contributed by atoms with Crippen LogP contribution in [-0.2, 0) is 23.0 Å². The quantitative estimate of drug-likeness (QED) is 0.844. The number of likely N-dealkylation sites (tertiary alicyclic amines) is 1. The molecule has 112 valence electrons. The van der Waals surface area contributed by atoms with E-state index in [2.05, 4.69) is 42.1 Å². The van der Waals surface area contributed by atoms with Gasteiger partial charge in [0, 0.05) is 45.4 Å². The Morgan fingerprint density at radius 3 is 3.00 bits per heavy atom. The lowest BCUT2D eigenvalue weighted by Gasteiger charge is -2.16. The molecule has 2 aromatic rings. The van der Waals surface area contributed by atoms with Crippen molar-refractivity contribution in [1.29, 1.82) is 0 Å². The van der Waals surface area contributed by atoms with Gasteiger partial charge in [0.25, 0.3) is 0 Å². The smallest absolute Gasteiger partial charge is 0.223 e. The molecule has 1 aliphatic heterocycles. The van der Waals surface area contributed by atoms with Gasteiger partial charge < -0.3 is 14.2 Å². The van der Waals surface area contributed by atoms with Crippen LogP contribution in [0.25, 0.3) is 10.9 Å². The fraction of sp³-hybridized carbons (Fsp3) is 0.471. The van der Waals surface area contributed by atoms with Crippen LogP contribution in [0.1, 0.15) is 12.0 Å². The van der Waals surface area contributed by atoms with Crippen LogP contribution in [0.2, 0.25) is 0 Å². The number of nitrogens with zero attached hydrogens (tertiary/aromatic N) is 2. The standard InChI is InChI=1S/C17H22N2O2/c1-18-6-5-15-10-13(3-4-16(15)18)9-14-11-17(20)19(12-14)7-8-21-2/h3-6,10,14H,7-9,11-12H2,1-2H3. The third-order valence-corrected chi connectivity index (χ3v) is 4.33. The molecule has 0 radical (unpaired) electrons. The van der Waals surface area contributed by atoms with Crippen LogP contribution in [0.5, 0.6) is 0 Å². The lowest BCUT2D eigenvalue weighted by Crippen LogP contribution is -2.28. The minimum Gasteiger partial charge on any atom is -0.383 e. The summed E-state index contributed by atoms with van der Waals surface area (Å²) in [5.74, 6) is 0.688. The Kier molecular flexibility index (Phi) is 3.97. The molecule has 21 heavy (non-hydrogen) atoms. The first-order valence-corrected chi connectivity index (χ1v) is 7.48. The molecule has 1 amide bonds. The number of hydrogen-bond donors (Lipinski definition) is 0. The second-order valence-corrected chi connectivity index (χ2v) is 5.93. The molecule has 4 heteroatoms. The summed E-state index contributed by atoms with van der Waals surface area (Å²) in [6.07, 6.45) is 3.72. The van der Waals surface area contributed by atoms with Crippen LogP contribution in [0.15, 0.2) is 30.5 Å². The lowest BCUT2D eigenvalue weighted by molar-refractivity contribution is -0.128. The van der Waals surface area contributed by atoms with Gasteiger partial charge in [-0.2, -0.15) is 0 Å². The Balaban J connectivity index is 1.67. The number of carbonyl (C=O) groups excluding carboxylic acids is 1. The average molecular weight is 286 g/mol. The molecular weight excluding hydrogens is 264 g/mol. The van der Waals surface area contributed by atoms with Gasteiger partial charge in [0.05, 0.1) is 6.61 Å². The lowest BCUT2D eigenvalue weighted by atomic mass is 9.98. The summed E-state index contributed by atoms with van der Waals surface area (Å²) >= 11 is 0. The zero-order valence-corrected chi connectivity index (χ0v) is 12.7. The summed E-state index contributed by atoms with van der Waals surface area (Å²) in [6.45, 7) is 2.19. The largest absolute Gasteiger partial charge is 0.383 e. The fourth-order valence-electron chi connectivity index (χ4n) is 3.20. The van der Waals surface area contributed by atoms with Crippen molar-refractivity contribution in [3.05, 3.63) is 36.0 Å². The van der Waals surface area contributed by atoms with Crippen molar-refractivity contribution in [3.8, 4) is 0 Å².